The number of carbonyl (C=O) groups is 1. The van der Waals surface area contributed by atoms with E-state index in [0.29, 0.717) is 13.2 Å². The number of aryl methyl sites for hydroxylation is 1. The van der Waals surface area contributed by atoms with Gasteiger partial charge in [-0.25, -0.2) is 4.79 Å². The largest absolute Gasteiger partial charge is 0.492 e. The predicted octanol–water partition coefficient (Wildman–Crippen LogP) is 3.68. The fourth-order valence-corrected chi connectivity index (χ4v) is 3.40. The summed E-state index contributed by atoms with van der Waals surface area (Å²) in [6.07, 6.45) is 1.98. The van der Waals surface area contributed by atoms with Crippen LogP contribution in [-0.4, -0.2) is 55.2 Å². The van der Waals surface area contributed by atoms with Gasteiger partial charge in [0.05, 0.1) is 6.54 Å². The van der Waals surface area contributed by atoms with E-state index in [0.717, 1.165) is 38.2 Å². The maximum Gasteiger partial charge on any atom is 0.317 e. The Morgan fingerprint density at radius 3 is 2.46 bits per heavy atom. The molecule has 1 fully saturated rings. The lowest BCUT2D eigenvalue weighted by Crippen LogP contribution is -2.48. The van der Waals surface area contributed by atoms with E-state index in [1.165, 1.54) is 11.1 Å². The van der Waals surface area contributed by atoms with E-state index in [2.05, 4.69) is 34.5 Å². The molecule has 28 heavy (non-hydrogen) atoms. The van der Waals surface area contributed by atoms with Gasteiger partial charge in [-0.05, 0) is 37.5 Å². The predicted molar refractivity (Wildman–Crippen MR) is 113 cm³/mol. The topological polar surface area (TPSA) is 44.8 Å². The van der Waals surface area contributed by atoms with Crippen LogP contribution in [0.3, 0.4) is 0 Å². The van der Waals surface area contributed by atoms with Crippen LogP contribution in [0, 0.1) is 6.92 Å². The van der Waals surface area contributed by atoms with Crippen molar-refractivity contribution in [3.05, 3.63) is 65.7 Å². The third-order valence-corrected chi connectivity index (χ3v) is 5.23. The molecule has 5 nitrogen and oxygen atoms in total. The van der Waals surface area contributed by atoms with Gasteiger partial charge in [-0.2, -0.15) is 0 Å². The molecule has 0 atom stereocenters. The molecule has 0 aromatic heterocycles. The summed E-state index contributed by atoms with van der Waals surface area (Å²) < 4.78 is 5.71. The van der Waals surface area contributed by atoms with Crippen molar-refractivity contribution in [2.75, 3.05) is 33.3 Å². The Morgan fingerprint density at radius 1 is 1.11 bits per heavy atom. The summed E-state index contributed by atoms with van der Waals surface area (Å²) in [4.78, 5) is 16.6. The zero-order valence-corrected chi connectivity index (χ0v) is 16.9. The molecular formula is C23H31N3O2. The fraction of sp³-hybridized carbons (Fsp3) is 0.435. The Morgan fingerprint density at radius 2 is 1.79 bits per heavy atom. The number of piperidine rings is 1. The van der Waals surface area contributed by atoms with Crippen molar-refractivity contribution in [2.45, 2.75) is 32.4 Å². The first-order valence-electron chi connectivity index (χ1n) is 10.1. The lowest BCUT2D eigenvalue weighted by molar-refractivity contribution is 0.169. The van der Waals surface area contributed by atoms with Gasteiger partial charge in [0.1, 0.15) is 12.4 Å². The molecule has 0 bridgehead atoms. The first-order valence-corrected chi connectivity index (χ1v) is 10.1. The van der Waals surface area contributed by atoms with Crippen molar-refractivity contribution >= 4 is 6.03 Å². The molecule has 2 aromatic rings. The third kappa shape index (κ3) is 6.27. The Hall–Kier alpha value is -2.53. The maximum absolute atomic E-state index is 12.4. The first kappa shape index (κ1) is 20.2. The van der Waals surface area contributed by atoms with E-state index in [1.807, 2.05) is 44.3 Å². The number of likely N-dealkylation sites (tertiary alicyclic amines) is 1. The molecule has 2 amide bonds. The highest BCUT2D eigenvalue weighted by Gasteiger charge is 2.21. The molecule has 0 unspecified atom stereocenters. The van der Waals surface area contributed by atoms with E-state index in [4.69, 9.17) is 4.74 Å². The summed E-state index contributed by atoms with van der Waals surface area (Å²) in [6.45, 7) is 6.11. The quantitative estimate of drug-likeness (QED) is 0.796. The summed E-state index contributed by atoms with van der Waals surface area (Å²) in [5, 5.41) is 3.16. The average Bonchev–Trinajstić information content (AvgIpc) is 2.71. The Bertz CT molecular complexity index is 725. The molecule has 3 rings (SSSR count). The molecule has 1 aliphatic rings. The van der Waals surface area contributed by atoms with Crippen molar-refractivity contribution in [1.29, 1.82) is 0 Å². The summed E-state index contributed by atoms with van der Waals surface area (Å²) in [5.74, 6) is 0.838. The molecule has 0 spiro atoms. The third-order valence-electron chi connectivity index (χ3n) is 5.23. The minimum absolute atomic E-state index is 0.0194. The second kappa shape index (κ2) is 10.1. The van der Waals surface area contributed by atoms with Crippen LogP contribution in [0.4, 0.5) is 4.79 Å². The van der Waals surface area contributed by atoms with Gasteiger partial charge in [0.2, 0.25) is 0 Å². The zero-order chi connectivity index (χ0) is 19.8. The van der Waals surface area contributed by atoms with Crippen LogP contribution in [0.1, 0.15) is 24.0 Å². The number of nitrogens with zero attached hydrogens (tertiary/aromatic N) is 2. The number of likely N-dealkylation sites (N-methyl/N-ethyl adjacent to an activating group) is 1. The number of amides is 2. The molecule has 0 aliphatic carbocycles. The van der Waals surface area contributed by atoms with Crippen LogP contribution in [-0.2, 0) is 6.54 Å². The number of benzene rings is 2. The minimum Gasteiger partial charge on any atom is -0.492 e. The zero-order valence-electron chi connectivity index (χ0n) is 16.9. The number of hydrogen-bond acceptors (Lipinski definition) is 3. The highest BCUT2D eigenvalue weighted by Crippen LogP contribution is 2.14. The SMILES string of the molecule is Cc1ccc(OCCN(C)C(=O)NC2CCN(Cc3ccccc3)CC2)cc1. The molecule has 0 saturated carbocycles. The van der Waals surface area contributed by atoms with E-state index in [9.17, 15) is 4.79 Å². The summed E-state index contributed by atoms with van der Waals surface area (Å²) in [6, 6.07) is 18.7. The minimum atomic E-state index is -0.0194. The molecule has 2 aromatic carbocycles. The van der Waals surface area contributed by atoms with Gasteiger partial charge in [-0.3, -0.25) is 4.90 Å². The van der Waals surface area contributed by atoms with Crippen molar-refractivity contribution in [2.24, 2.45) is 0 Å². The van der Waals surface area contributed by atoms with Gasteiger partial charge in [0.15, 0.2) is 0 Å². The van der Waals surface area contributed by atoms with Gasteiger partial charge in [-0.1, -0.05) is 48.0 Å². The van der Waals surface area contributed by atoms with Gasteiger partial charge in [0.25, 0.3) is 0 Å². The molecule has 0 radical (unpaired) electrons. The summed E-state index contributed by atoms with van der Waals surface area (Å²) in [7, 11) is 1.82. The molecule has 150 valence electrons. The molecule has 1 N–H and O–H groups in total. The molecular weight excluding hydrogens is 350 g/mol. The molecule has 1 heterocycles. The number of nitrogens with one attached hydrogen (secondary N) is 1. The van der Waals surface area contributed by atoms with Gasteiger partial charge < -0.3 is 15.0 Å². The Kier molecular flexibility index (Phi) is 7.31. The molecule has 1 aliphatic heterocycles. The van der Waals surface area contributed by atoms with Crippen LogP contribution in [0.5, 0.6) is 5.75 Å². The van der Waals surface area contributed by atoms with E-state index >= 15 is 0 Å². The lowest BCUT2D eigenvalue weighted by Gasteiger charge is -2.33. The van der Waals surface area contributed by atoms with Gasteiger partial charge in [-0.15, -0.1) is 0 Å². The molecule has 1 saturated heterocycles. The Balaban J connectivity index is 1.33. The van der Waals surface area contributed by atoms with E-state index in [-0.39, 0.29) is 12.1 Å². The number of carbonyl (C=O) groups excluding carboxylic acids is 1. The smallest absolute Gasteiger partial charge is 0.317 e. The highest BCUT2D eigenvalue weighted by atomic mass is 16.5. The second-order valence-electron chi connectivity index (χ2n) is 7.57. The highest BCUT2D eigenvalue weighted by molar-refractivity contribution is 5.74. The standard InChI is InChI=1S/C23H31N3O2/c1-19-8-10-22(11-9-19)28-17-16-25(2)23(27)24-21-12-14-26(15-13-21)18-20-6-4-3-5-7-20/h3-11,21H,12-18H2,1-2H3,(H,24,27). The number of ether oxygens (including phenoxy) is 1. The first-order chi connectivity index (χ1) is 13.6. The van der Waals surface area contributed by atoms with E-state index in [1.54, 1.807) is 4.90 Å². The van der Waals surface area contributed by atoms with Crippen molar-refractivity contribution in [3.8, 4) is 5.75 Å². The normalized spacial score (nSPS) is 15.2. The van der Waals surface area contributed by atoms with Crippen LogP contribution >= 0.6 is 0 Å². The van der Waals surface area contributed by atoms with Crippen molar-refractivity contribution < 1.29 is 9.53 Å². The monoisotopic (exact) mass is 381 g/mol. The Labute approximate surface area is 168 Å². The number of hydrogen-bond donors (Lipinski definition) is 1. The lowest BCUT2D eigenvalue weighted by atomic mass is 10.0. The summed E-state index contributed by atoms with van der Waals surface area (Å²) in [5.41, 5.74) is 2.55. The van der Waals surface area contributed by atoms with Crippen LogP contribution in [0.15, 0.2) is 54.6 Å². The van der Waals surface area contributed by atoms with Gasteiger partial charge >= 0.3 is 6.03 Å². The maximum atomic E-state index is 12.4. The molecule has 5 heteroatoms. The fourth-order valence-electron chi connectivity index (χ4n) is 3.40. The van der Waals surface area contributed by atoms with Crippen LogP contribution < -0.4 is 10.1 Å². The van der Waals surface area contributed by atoms with Gasteiger partial charge in [0, 0.05) is 32.7 Å². The van der Waals surface area contributed by atoms with E-state index < -0.39 is 0 Å². The van der Waals surface area contributed by atoms with Crippen LogP contribution in [0.2, 0.25) is 0 Å². The average molecular weight is 382 g/mol. The van der Waals surface area contributed by atoms with Crippen LogP contribution in [0.25, 0.3) is 0 Å². The summed E-state index contributed by atoms with van der Waals surface area (Å²) >= 11 is 0. The van der Waals surface area contributed by atoms with Crippen molar-refractivity contribution in [1.82, 2.24) is 15.1 Å². The number of urea groups is 1. The number of rotatable bonds is 7. The van der Waals surface area contributed by atoms with Crippen molar-refractivity contribution in [3.63, 3.8) is 0 Å². The second-order valence-corrected chi connectivity index (χ2v) is 7.57.